The number of aliphatic hydroxyl groups is 1. The lowest BCUT2D eigenvalue weighted by atomic mass is 9.56. The van der Waals surface area contributed by atoms with Crippen molar-refractivity contribution in [2.75, 3.05) is 6.54 Å². The Bertz CT molecular complexity index is 801. The molecule has 1 spiro atoms. The molecule has 6 rings (SSSR count). The van der Waals surface area contributed by atoms with E-state index in [0.717, 1.165) is 43.1 Å². The molecule has 0 unspecified atom stereocenters. The first-order valence-electron chi connectivity index (χ1n) is 12.8. The number of ether oxygens (including phenoxy) is 1. The molecule has 3 heteroatoms. The highest BCUT2D eigenvalue weighted by atomic mass is 16.5. The van der Waals surface area contributed by atoms with Gasteiger partial charge in [0.15, 0.2) is 0 Å². The van der Waals surface area contributed by atoms with E-state index in [2.05, 4.69) is 39.1 Å². The molecule has 2 aliphatic heterocycles. The summed E-state index contributed by atoms with van der Waals surface area (Å²) in [6, 6.07) is 0.530. The van der Waals surface area contributed by atoms with Crippen LogP contribution in [-0.2, 0) is 4.74 Å². The maximum absolute atomic E-state index is 10.3. The minimum atomic E-state index is -0.111. The van der Waals surface area contributed by atoms with Crippen molar-refractivity contribution in [1.82, 2.24) is 5.32 Å². The quantitative estimate of drug-likeness (QED) is 0.551. The second kappa shape index (κ2) is 6.68. The van der Waals surface area contributed by atoms with Gasteiger partial charge >= 0.3 is 0 Å². The normalized spacial score (nSPS) is 55.0. The highest BCUT2D eigenvalue weighted by Gasteiger charge is 2.60. The Kier molecular flexibility index (Phi) is 4.46. The molecular weight excluding hydrogens is 370 g/mol. The van der Waals surface area contributed by atoms with Crippen LogP contribution in [0.4, 0.5) is 0 Å². The molecule has 4 aliphatic carbocycles. The van der Waals surface area contributed by atoms with Gasteiger partial charge in [-0.05, 0) is 99.5 Å². The first-order valence-corrected chi connectivity index (χ1v) is 12.8. The number of piperidine rings is 1. The molecule has 2 heterocycles. The summed E-state index contributed by atoms with van der Waals surface area (Å²) in [6.07, 6.45) is 12.2. The number of nitrogens with one attached hydrogen (secondary N) is 1. The van der Waals surface area contributed by atoms with Gasteiger partial charge in [-0.2, -0.15) is 0 Å². The van der Waals surface area contributed by atoms with Gasteiger partial charge in [0.1, 0.15) is 0 Å². The number of rotatable bonds is 0. The van der Waals surface area contributed by atoms with Crippen molar-refractivity contribution in [3.63, 3.8) is 0 Å². The van der Waals surface area contributed by atoms with Crippen LogP contribution in [0.2, 0.25) is 0 Å². The van der Waals surface area contributed by atoms with E-state index in [9.17, 15) is 5.11 Å². The molecule has 2 saturated heterocycles. The number of fused-ring (bicyclic) bond motifs is 6. The Hall–Kier alpha value is -0.640. The summed E-state index contributed by atoms with van der Waals surface area (Å²) in [6.45, 7) is 10.9. The molecule has 3 nitrogen and oxygen atoms in total. The van der Waals surface area contributed by atoms with Crippen molar-refractivity contribution < 1.29 is 9.84 Å². The lowest BCUT2D eigenvalue weighted by Crippen LogP contribution is -2.49. The van der Waals surface area contributed by atoms with E-state index in [0.29, 0.717) is 23.5 Å². The van der Waals surface area contributed by atoms with Crippen molar-refractivity contribution in [3.05, 3.63) is 22.8 Å². The van der Waals surface area contributed by atoms with Gasteiger partial charge in [-0.25, -0.2) is 0 Å². The standard InChI is InChI=1S/C27H41NO2/c1-15-11-24-25(28-14-15)17(3)27(30-24)10-8-20-21-6-5-18-12-19(29)7-9-26(18,4)23(21)13-22(20)16(27)2/h5,15,17,19-21,23-25,28-29H,6-14H2,1-4H3/t15-,17+,19-,20-,21+,23-,24+,25-,26-,27-/m1/s1. The average molecular weight is 412 g/mol. The van der Waals surface area contributed by atoms with Gasteiger partial charge in [-0.15, -0.1) is 0 Å². The summed E-state index contributed by atoms with van der Waals surface area (Å²) >= 11 is 0. The summed E-state index contributed by atoms with van der Waals surface area (Å²) in [5, 5.41) is 14.1. The topological polar surface area (TPSA) is 41.5 Å². The Labute approximate surface area is 182 Å². The monoisotopic (exact) mass is 411 g/mol. The fraction of sp³-hybridized carbons (Fsp3) is 0.852. The van der Waals surface area contributed by atoms with Gasteiger partial charge in [0, 0.05) is 12.0 Å². The Morgan fingerprint density at radius 3 is 2.83 bits per heavy atom. The van der Waals surface area contributed by atoms with Crippen LogP contribution < -0.4 is 5.32 Å². The van der Waals surface area contributed by atoms with E-state index in [4.69, 9.17) is 4.74 Å². The van der Waals surface area contributed by atoms with E-state index < -0.39 is 0 Å². The Morgan fingerprint density at radius 1 is 1.17 bits per heavy atom. The Balaban J connectivity index is 1.34. The van der Waals surface area contributed by atoms with Crippen molar-refractivity contribution in [3.8, 4) is 0 Å². The van der Waals surface area contributed by atoms with Crippen LogP contribution in [0.25, 0.3) is 0 Å². The third kappa shape index (κ3) is 2.55. The van der Waals surface area contributed by atoms with Crippen molar-refractivity contribution >= 4 is 0 Å². The van der Waals surface area contributed by atoms with Gasteiger partial charge in [0.25, 0.3) is 0 Å². The fourth-order valence-corrected chi connectivity index (χ4v) is 9.09. The van der Waals surface area contributed by atoms with E-state index in [1.807, 2.05) is 0 Å². The average Bonchev–Trinajstić information content (AvgIpc) is 3.23. The van der Waals surface area contributed by atoms with E-state index in [1.54, 1.807) is 16.7 Å². The second-order valence-electron chi connectivity index (χ2n) is 12.2. The smallest absolute Gasteiger partial charge is 0.0937 e. The highest BCUT2D eigenvalue weighted by Crippen LogP contribution is 2.65. The van der Waals surface area contributed by atoms with Crippen LogP contribution in [0.3, 0.4) is 0 Å². The van der Waals surface area contributed by atoms with Crippen molar-refractivity contribution in [1.29, 1.82) is 0 Å². The second-order valence-corrected chi connectivity index (χ2v) is 12.2. The van der Waals surface area contributed by atoms with Crippen LogP contribution in [0.1, 0.15) is 79.1 Å². The minimum Gasteiger partial charge on any atom is -0.393 e. The summed E-state index contributed by atoms with van der Waals surface area (Å²) < 4.78 is 7.03. The molecule has 0 aromatic carbocycles. The Morgan fingerprint density at radius 2 is 2.00 bits per heavy atom. The fourth-order valence-electron chi connectivity index (χ4n) is 9.09. The van der Waals surface area contributed by atoms with Crippen LogP contribution in [0.5, 0.6) is 0 Å². The van der Waals surface area contributed by atoms with E-state index >= 15 is 0 Å². The van der Waals surface area contributed by atoms with Crippen molar-refractivity contribution in [2.24, 2.45) is 35.0 Å². The molecule has 0 aromatic rings. The predicted molar refractivity (Wildman–Crippen MR) is 120 cm³/mol. The third-order valence-corrected chi connectivity index (χ3v) is 10.9. The zero-order valence-electron chi connectivity index (χ0n) is 19.4. The molecule has 0 aromatic heterocycles. The highest BCUT2D eigenvalue weighted by molar-refractivity contribution is 5.38. The van der Waals surface area contributed by atoms with Gasteiger partial charge < -0.3 is 15.2 Å². The summed E-state index contributed by atoms with van der Waals surface area (Å²) in [5.74, 6) is 3.64. The molecule has 10 atom stereocenters. The first kappa shape index (κ1) is 20.0. The largest absolute Gasteiger partial charge is 0.393 e. The summed E-state index contributed by atoms with van der Waals surface area (Å²) in [5.41, 5.74) is 5.25. The zero-order valence-corrected chi connectivity index (χ0v) is 19.4. The number of hydrogen-bond acceptors (Lipinski definition) is 3. The van der Waals surface area contributed by atoms with Crippen LogP contribution in [0.15, 0.2) is 22.8 Å². The number of hydrogen-bond donors (Lipinski definition) is 2. The molecule has 30 heavy (non-hydrogen) atoms. The third-order valence-electron chi connectivity index (χ3n) is 10.9. The lowest BCUT2D eigenvalue weighted by Gasteiger charge is -2.49. The van der Waals surface area contributed by atoms with Gasteiger partial charge in [-0.3, -0.25) is 0 Å². The molecule has 0 bridgehead atoms. The predicted octanol–water partition coefficient (Wildman–Crippen LogP) is 5.00. The van der Waals surface area contributed by atoms with E-state index in [1.165, 1.54) is 38.5 Å². The van der Waals surface area contributed by atoms with Crippen molar-refractivity contribution in [2.45, 2.75) is 103 Å². The van der Waals surface area contributed by atoms with Gasteiger partial charge in [-0.1, -0.05) is 38.0 Å². The van der Waals surface area contributed by atoms with Crippen LogP contribution in [-0.4, -0.2) is 35.5 Å². The van der Waals surface area contributed by atoms with Crippen LogP contribution >= 0.6 is 0 Å². The molecule has 0 amide bonds. The summed E-state index contributed by atoms with van der Waals surface area (Å²) in [4.78, 5) is 0. The minimum absolute atomic E-state index is 0.0222. The van der Waals surface area contributed by atoms with Gasteiger partial charge in [0.2, 0.25) is 0 Å². The number of aliphatic hydroxyl groups excluding tert-OH is 1. The summed E-state index contributed by atoms with van der Waals surface area (Å²) in [7, 11) is 0. The van der Waals surface area contributed by atoms with E-state index in [-0.39, 0.29) is 11.7 Å². The zero-order chi connectivity index (χ0) is 20.8. The maximum atomic E-state index is 10.3. The van der Waals surface area contributed by atoms with Gasteiger partial charge in [0.05, 0.1) is 17.8 Å². The lowest BCUT2D eigenvalue weighted by molar-refractivity contribution is -0.0549. The first-order chi connectivity index (χ1) is 14.3. The molecule has 0 radical (unpaired) electrons. The maximum Gasteiger partial charge on any atom is 0.0937 e. The number of allylic oxidation sites excluding steroid dienone is 2. The molecular formula is C27H41NO2. The molecule has 6 aliphatic rings. The molecule has 166 valence electrons. The molecule has 4 fully saturated rings. The SMILES string of the molecule is CC1=C2C[C@@H]3[C@@H](CC=C4C[C@H](O)CC[C@]43C)[C@H]2CC[C@@]12O[C@H]1C[C@@H](C)CN[C@@H]1[C@@H]2C. The van der Waals surface area contributed by atoms with Crippen LogP contribution in [0, 0.1) is 35.0 Å². The molecule has 2 saturated carbocycles. The molecule has 2 N–H and O–H groups in total.